The highest BCUT2D eigenvalue weighted by Crippen LogP contribution is 2.34. The van der Waals surface area contributed by atoms with E-state index in [4.69, 9.17) is 10.5 Å². The summed E-state index contributed by atoms with van der Waals surface area (Å²) in [4.78, 5) is 13.5. The molecule has 1 aromatic carbocycles. The van der Waals surface area contributed by atoms with Crippen LogP contribution in [0.15, 0.2) is 24.3 Å². The molecule has 0 atom stereocenters. The number of hydrogen-bond acceptors (Lipinski definition) is 4. The lowest BCUT2D eigenvalue weighted by Crippen LogP contribution is -2.35. The molecule has 0 aliphatic heterocycles. The first-order chi connectivity index (χ1) is 10.9. The van der Waals surface area contributed by atoms with Gasteiger partial charge in [0.15, 0.2) is 0 Å². The van der Waals surface area contributed by atoms with Gasteiger partial charge in [0.25, 0.3) is 0 Å². The van der Waals surface area contributed by atoms with Crippen molar-refractivity contribution in [2.45, 2.75) is 19.0 Å². The van der Waals surface area contributed by atoms with E-state index in [1.54, 1.807) is 4.90 Å². The second kappa shape index (κ2) is 8.76. The molecule has 1 N–H and O–H groups in total. The number of carbonyl (C=O) groups is 1. The molecule has 1 amide bonds. The molecule has 0 saturated carbocycles. The van der Waals surface area contributed by atoms with Crippen molar-refractivity contribution >= 4 is 11.6 Å². The lowest BCUT2D eigenvalue weighted by molar-refractivity contribution is -0.137. The van der Waals surface area contributed by atoms with Crippen LogP contribution in [0, 0.1) is 22.7 Å². The number of halogens is 3. The van der Waals surface area contributed by atoms with Crippen molar-refractivity contribution < 1.29 is 18.0 Å². The van der Waals surface area contributed by atoms with E-state index in [2.05, 4.69) is 5.32 Å². The summed E-state index contributed by atoms with van der Waals surface area (Å²) in [7, 11) is 0. The zero-order valence-corrected chi connectivity index (χ0v) is 12.2. The van der Waals surface area contributed by atoms with Crippen molar-refractivity contribution in [3.05, 3.63) is 29.8 Å². The topological polar surface area (TPSA) is 79.9 Å². The average molecular weight is 324 g/mol. The van der Waals surface area contributed by atoms with Crippen molar-refractivity contribution in [1.82, 2.24) is 4.90 Å². The molecule has 0 aliphatic rings. The van der Waals surface area contributed by atoms with E-state index >= 15 is 0 Å². The fraction of sp³-hybridized carbons (Fsp3) is 0.400. The van der Waals surface area contributed by atoms with Gasteiger partial charge in [0.05, 0.1) is 29.9 Å². The van der Waals surface area contributed by atoms with Crippen molar-refractivity contribution in [3.63, 3.8) is 0 Å². The Balaban J connectivity index is 2.75. The predicted octanol–water partition coefficient (Wildman–Crippen LogP) is 2.77. The number of alkyl halides is 3. The van der Waals surface area contributed by atoms with Gasteiger partial charge in [-0.3, -0.25) is 9.69 Å². The normalized spacial score (nSPS) is 10.9. The monoisotopic (exact) mass is 324 g/mol. The molecule has 0 aliphatic carbocycles. The smallest absolute Gasteiger partial charge is 0.324 e. The van der Waals surface area contributed by atoms with Crippen LogP contribution in [-0.2, 0) is 11.0 Å². The largest absolute Gasteiger partial charge is 0.418 e. The van der Waals surface area contributed by atoms with Crippen LogP contribution in [0.25, 0.3) is 0 Å². The summed E-state index contributed by atoms with van der Waals surface area (Å²) < 4.78 is 38.6. The van der Waals surface area contributed by atoms with E-state index in [0.29, 0.717) is 0 Å². The summed E-state index contributed by atoms with van der Waals surface area (Å²) in [5.74, 6) is -0.627. The van der Waals surface area contributed by atoms with E-state index in [0.717, 1.165) is 6.07 Å². The average Bonchev–Trinajstić information content (AvgIpc) is 2.49. The van der Waals surface area contributed by atoms with Gasteiger partial charge < -0.3 is 5.32 Å². The fourth-order valence-corrected chi connectivity index (χ4v) is 1.92. The van der Waals surface area contributed by atoms with Gasteiger partial charge >= 0.3 is 6.18 Å². The van der Waals surface area contributed by atoms with Gasteiger partial charge in [-0.25, -0.2) is 0 Å². The van der Waals surface area contributed by atoms with E-state index in [9.17, 15) is 18.0 Å². The molecule has 0 unspecified atom stereocenters. The number of anilines is 1. The Morgan fingerprint density at radius 2 is 1.70 bits per heavy atom. The zero-order chi connectivity index (χ0) is 17.3. The summed E-state index contributed by atoms with van der Waals surface area (Å²) in [5, 5.41) is 19.4. The summed E-state index contributed by atoms with van der Waals surface area (Å²) in [5.41, 5.74) is -1.24. The van der Waals surface area contributed by atoms with Crippen LogP contribution >= 0.6 is 0 Å². The van der Waals surface area contributed by atoms with Gasteiger partial charge in [-0.15, -0.1) is 0 Å². The van der Waals surface area contributed by atoms with Gasteiger partial charge in [0.1, 0.15) is 0 Å². The first-order valence-electron chi connectivity index (χ1n) is 6.80. The number of para-hydroxylation sites is 1. The predicted molar refractivity (Wildman–Crippen MR) is 77.0 cm³/mol. The Labute approximate surface area is 131 Å². The lowest BCUT2D eigenvalue weighted by atomic mass is 10.1. The first-order valence-corrected chi connectivity index (χ1v) is 6.80. The Morgan fingerprint density at radius 1 is 1.13 bits per heavy atom. The molecule has 0 saturated heterocycles. The van der Waals surface area contributed by atoms with Crippen LogP contribution in [0.3, 0.4) is 0 Å². The van der Waals surface area contributed by atoms with E-state index in [-0.39, 0.29) is 38.2 Å². The summed E-state index contributed by atoms with van der Waals surface area (Å²) in [6.07, 6.45) is -4.24. The molecule has 0 aromatic heterocycles. The maximum absolute atomic E-state index is 12.9. The number of nitriles is 2. The molecule has 5 nitrogen and oxygen atoms in total. The fourth-order valence-electron chi connectivity index (χ4n) is 1.92. The highest BCUT2D eigenvalue weighted by atomic mass is 19.4. The molecule has 8 heteroatoms. The zero-order valence-electron chi connectivity index (χ0n) is 12.2. The number of benzene rings is 1. The number of amides is 1. The number of hydrogen-bond donors (Lipinski definition) is 1. The third-order valence-electron chi connectivity index (χ3n) is 2.95. The Kier molecular flexibility index (Phi) is 7.04. The number of carbonyl (C=O) groups excluding carboxylic acids is 1. The minimum absolute atomic E-state index is 0.165. The third kappa shape index (κ3) is 6.37. The third-order valence-corrected chi connectivity index (χ3v) is 2.95. The molecule has 0 radical (unpaired) electrons. The van der Waals surface area contributed by atoms with Gasteiger partial charge in [-0.05, 0) is 12.1 Å². The van der Waals surface area contributed by atoms with E-state index in [1.807, 2.05) is 12.1 Å². The molecule has 122 valence electrons. The molecule has 1 aromatic rings. The molecular weight excluding hydrogens is 309 g/mol. The van der Waals surface area contributed by atoms with Crippen molar-refractivity contribution in [1.29, 1.82) is 10.5 Å². The number of nitrogens with zero attached hydrogens (tertiary/aromatic N) is 3. The SMILES string of the molecule is N#CCCN(CCC#N)CC(=O)Nc1ccccc1C(F)(F)F. The van der Waals surface area contributed by atoms with Gasteiger partial charge in [0, 0.05) is 25.9 Å². The molecule has 0 fully saturated rings. The molecule has 0 spiro atoms. The molecule has 23 heavy (non-hydrogen) atoms. The van der Waals surface area contributed by atoms with E-state index in [1.165, 1.54) is 18.2 Å². The number of nitrogens with one attached hydrogen (secondary N) is 1. The van der Waals surface area contributed by atoms with Crippen LogP contribution in [0.5, 0.6) is 0 Å². The summed E-state index contributed by atoms with van der Waals surface area (Å²) in [6, 6.07) is 8.54. The molecular formula is C15H15F3N4O. The van der Waals surface area contributed by atoms with Crippen molar-refractivity contribution in [3.8, 4) is 12.1 Å². The second-order valence-corrected chi connectivity index (χ2v) is 4.68. The number of rotatable bonds is 7. The maximum atomic E-state index is 12.9. The second-order valence-electron chi connectivity index (χ2n) is 4.68. The van der Waals surface area contributed by atoms with Crippen molar-refractivity contribution in [2.75, 3.05) is 25.0 Å². The van der Waals surface area contributed by atoms with E-state index < -0.39 is 17.6 Å². The molecule has 1 rings (SSSR count). The first kappa shape index (κ1) is 18.5. The lowest BCUT2D eigenvalue weighted by Gasteiger charge is -2.20. The van der Waals surface area contributed by atoms with Crippen molar-refractivity contribution in [2.24, 2.45) is 0 Å². The summed E-state index contributed by atoms with van der Waals surface area (Å²) in [6.45, 7) is 0.356. The molecule has 0 heterocycles. The minimum atomic E-state index is -4.56. The van der Waals surface area contributed by atoms with Crippen LogP contribution in [-0.4, -0.2) is 30.4 Å². The standard InChI is InChI=1S/C15H15F3N4O/c16-15(17,18)12-5-1-2-6-13(12)21-14(23)11-22(9-3-7-19)10-4-8-20/h1-2,5-6H,3-4,9-11H2,(H,21,23). The quantitative estimate of drug-likeness (QED) is 0.836. The highest BCUT2D eigenvalue weighted by Gasteiger charge is 2.33. The molecule has 0 bridgehead atoms. The summed E-state index contributed by atoms with van der Waals surface area (Å²) >= 11 is 0. The van der Waals surface area contributed by atoms with Gasteiger partial charge in [-0.1, -0.05) is 12.1 Å². The Bertz CT molecular complexity index is 598. The van der Waals surface area contributed by atoms with Crippen LogP contribution in [0.4, 0.5) is 18.9 Å². The van der Waals surface area contributed by atoms with Crippen LogP contribution in [0.2, 0.25) is 0 Å². The van der Waals surface area contributed by atoms with Crippen LogP contribution in [0.1, 0.15) is 18.4 Å². The maximum Gasteiger partial charge on any atom is 0.418 e. The van der Waals surface area contributed by atoms with Gasteiger partial charge in [-0.2, -0.15) is 23.7 Å². The van der Waals surface area contributed by atoms with Gasteiger partial charge in [0.2, 0.25) is 5.91 Å². The van der Waals surface area contributed by atoms with Crippen LogP contribution < -0.4 is 5.32 Å². The highest BCUT2D eigenvalue weighted by molar-refractivity contribution is 5.93. The minimum Gasteiger partial charge on any atom is -0.324 e. The Morgan fingerprint density at radius 3 is 2.22 bits per heavy atom. The Hall–Kier alpha value is -2.58.